The number of hydrogen-bond acceptors (Lipinski definition) is 7. The van der Waals surface area contributed by atoms with Crippen LogP contribution in [0.3, 0.4) is 0 Å². The van der Waals surface area contributed by atoms with Gasteiger partial charge in [-0.25, -0.2) is 0 Å². The Morgan fingerprint density at radius 2 is 1.93 bits per heavy atom. The fraction of sp³-hybridized carbons (Fsp3) is 0.143. The number of carbonyl (C=O) groups is 2. The summed E-state index contributed by atoms with van der Waals surface area (Å²) in [6.45, 7) is 0.851. The Morgan fingerprint density at radius 3 is 2.66 bits per heavy atom. The first kappa shape index (κ1) is 17.6. The van der Waals surface area contributed by atoms with Crippen LogP contribution < -0.4 is 14.4 Å². The van der Waals surface area contributed by atoms with Gasteiger partial charge in [0, 0.05) is 11.8 Å². The molecule has 0 fully saturated rings. The second-order valence-electron chi connectivity index (χ2n) is 6.49. The van der Waals surface area contributed by atoms with Crippen LogP contribution in [0.5, 0.6) is 11.5 Å². The number of rotatable bonds is 4. The zero-order valence-corrected chi connectivity index (χ0v) is 15.8. The maximum atomic E-state index is 13.1. The molecular formula is C21H15NO6S. The number of furan rings is 1. The number of fused-ring (bicyclic) bond motifs is 1. The number of aliphatic hydroxyl groups is 1. The summed E-state index contributed by atoms with van der Waals surface area (Å²) >= 11 is 1.24. The number of ether oxygens (including phenoxy) is 2. The molecule has 3 aromatic rings. The molecule has 0 bridgehead atoms. The van der Waals surface area contributed by atoms with E-state index in [2.05, 4.69) is 0 Å². The summed E-state index contributed by atoms with van der Waals surface area (Å²) in [6.07, 6.45) is 1.46. The molecular weight excluding hydrogens is 394 g/mol. The molecule has 0 saturated heterocycles. The standard InChI is InChI=1S/C21H15NO6S/c23-19(16-4-2-10-29-16)17-18(14-3-1-7-26-14)22(21(25)20(17)24)12-5-6-13-15(11-12)28-9-8-27-13/h1-7,10-11,18,24H,8-9H2. The second kappa shape index (κ2) is 6.82. The minimum atomic E-state index is -0.894. The molecule has 2 aliphatic rings. The molecule has 4 heterocycles. The van der Waals surface area contributed by atoms with Crippen LogP contribution in [0.2, 0.25) is 0 Å². The van der Waals surface area contributed by atoms with Crippen molar-refractivity contribution in [3.8, 4) is 11.5 Å². The predicted octanol–water partition coefficient (Wildman–Crippen LogP) is 3.90. The van der Waals surface area contributed by atoms with E-state index < -0.39 is 23.5 Å². The van der Waals surface area contributed by atoms with Gasteiger partial charge in [0.15, 0.2) is 17.3 Å². The number of amides is 1. The minimum absolute atomic E-state index is 0.0118. The summed E-state index contributed by atoms with van der Waals surface area (Å²) in [4.78, 5) is 27.9. The molecule has 1 atom stereocenters. The number of aliphatic hydroxyl groups excluding tert-OH is 1. The first-order chi connectivity index (χ1) is 14.1. The number of carbonyl (C=O) groups excluding carboxylic acids is 2. The summed E-state index contributed by atoms with van der Waals surface area (Å²) in [5, 5.41) is 12.4. The second-order valence-corrected chi connectivity index (χ2v) is 7.44. The van der Waals surface area contributed by atoms with Gasteiger partial charge in [-0.3, -0.25) is 14.5 Å². The summed E-state index contributed by atoms with van der Waals surface area (Å²) in [7, 11) is 0. The number of nitrogens with zero attached hydrogens (tertiary/aromatic N) is 1. The number of Topliss-reactive ketones (excluding diaryl/α,β-unsaturated/α-hetero) is 1. The van der Waals surface area contributed by atoms with E-state index >= 15 is 0 Å². The highest BCUT2D eigenvalue weighted by Gasteiger charge is 2.46. The van der Waals surface area contributed by atoms with Gasteiger partial charge in [-0.2, -0.15) is 0 Å². The lowest BCUT2D eigenvalue weighted by atomic mass is 10.00. The van der Waals surface area contributed by atoms with Gasteiger partial charge >= 0.3 is 0 Å². The van der Waals surface area contributed by atoms with Crippen molar-refractivity contribution in [1.29, 1.82) is 0 Å². The predicted molar refractivity (Wildman–Crippen MR) is 105 cm³/mol. The van der Waals surface area contributed by atoms with E-state index in [0.717, 1.165) is 0 Å². The molecule has 0 spiro atoms. The van der Waals surface area contributed by atoms with E-state index in [1.165, 1.54) is 22.5 Å². The number of anilines is 1. The van der Waals surface area contributed by atoms with Crippen molar-refractivity contribution in [2.45, 2.75) is 6.04 Å². The smallest absolute Gasteiger partial charge is 0.294 e. The maximum absolute atomic E-state index is 13.1. The lowest BCUT2D eigenvalue weighted by molar-refractivity contribution is -0.117. The molecule has 1 unspecified atom stereocenters. The van der Waals surface area contributed by atoms with Gasteiger partial charge in [0.25, 0.3) is 5.91 Å². The van der Waals surface area contributed by atoms with E-state index in [-0.39, 0.29) is 5.57 Å². The third-order valence-electron chi connectivity index (χ3n) is 4.81. The molecule has 2 aliphatic heterocycles. The molecule has 1 amide bonds. The number of hydrogen-bond donors (Lipinski definition) is 1. The Morgan fingerprint density at radius 1 is 1.10 bits per heavy atom. The van der Waals surface area contributed by atoms with E-state index in [4.69, 9.17) is 13.9 Å². The van der Waals surface area contributed by atoms with Gasteiger partial charge in [-0.05, 0) is 35.7 Å². The molecule has 0 aliphatic carbocycles. The fourth-order valence-electron chi connectivity index (χ4n) is 3.54. The van der Waals surface area contributed by atoms with E-state index in [9.17, 15) is 14.7 Å². The zero-order valence-electron chi connectivity index (χ0n) is 15.0. The van der Waals surface area contributed by atoms with Crippen molar-refractivity contribution in [1.82, 2.24) is 0 Å². The van der Waals surface area contributed by atoms with E-state index in [1.807, 2.05) is 0 Å². The highest BCUT2D eigenvalue weighted by atomic mass is 32.1. The Labute approximate surface area is 169 Å². The van der Waals surface area contributed by atoms with E-state index in [0.29, 0.717) is 41.0 Å². The van der Waals surface area contributed by atoms with E-state index in [1.54, 1.807) is 47.8 Å². The SMILES string of the molecule is O=C(C1=C(O)C(=O)N(c2ccc3c(c2)OCCO3)C1c1ccco1)c1cccs1. The topological polar surface area (TPSA) is 89.2 Å². The zero-order chi connectivity index (χ0) is 20.0. The van der Waals surface area contributed by atoms with Crippen LogP contribution in [-0.4, -0.2) is 30.0 Å². The maximum Gasteiger partial charge on any atom is 0.294 e. The van der Waals surface area contributed by atoms with Crippen LogP contribution >= 0.6 is 11.3 Å². The van der Waals surface area contributed by atoms with Crippen molar-refractivity contribution in [3.63, 3.8) is 0 Å². The highest BCUT2D eigenvalue weighted by molar-refractivity contribution is 7.12. The average molecular weight is 409 g/mol. The molecule has 29 heavy (non-hydrogen) atoms. The van der Waals surface area contributed by atoms with Crippen LogP contribution in [0, 0.1) is 0 Å². The van der Waals surface area contributed by atoms with Crippen molar-refractivity contribution >= 4 is 28.7 Å². The summed E-state index contributed by atoms with van der Waals surface area (Å²) in [6, 6.07) is 10.9. The lowest BCUT2D eigenvalue weighted by Crippen LogP contribution is -2.31. The normalized spacial score (nSPS) is 18.4. The molecule has 1 N–H and O–H groups in total. The third-order valence-corrected chi connectivity index (χ3v) is 5.68. The average Bonchev–Trinajstić information content (AvgIpc) is 3.50. The number of ketones is 1. The minimum Gasteiger partial charge on any atom is -0.503 e. The molecule has 146 valence electrons. The Bertz CT molecular complexity index is 1120. The van der Waals surface area contributed by atoms with Gasteiger partial charge in [-0.1, -0.05) is 6.07 Å². The monoisotopic (exact) mass is 409 g/mol. The first-order valence-corrected chi connectivity index (χ1v) is 9.81. The lowest BCUT2D eigenvalue weighted by Gasteiger charge is -2.26. The summed E-state index contributed by atoms with van der Waals surface area (Å²) in [5.41, 5.74) is 0.448. The van der Waals surface area contributed by atoms with Gasteiger partial charge in [0.1, 0.15) is 25.0 Å². The van der Waals surface area contributed by atoms with Gasteiger partial charge in [0.05, 0.1) is 16.7 Å². The molecule has 2 aromatic heterocycles. The summed E-state index contributed by atoms with van der Waals surface area (Å²) < 4.78 is 16.7. The first-order valence-electron chi connectivity index (χ1n) is 8.93. The molecule has 7 nitrogen and oxygen atoms in total. The Hall–Kier alpha value is -3.52. The molecule has 5 rings (SSSR count). The van der Waals surface area contributed by atoms with Crippen molar-refractivity contribution in [3.05, 3.63) is 76.1 Å². The highest BCUT2D eigenvalue weighted by Crippen LogP contribution is 2.44. The number of benzene rings is 1. The number of thiophene rings is 1. The Kier molecular flexibility index (Phi) is 4.13. The Balaban J connectivity index is 1.63. The van der Waals surface area contributed by atoms with Crippen LogP contribution in [0.1, 0.15) is 21.5 Å². The van der Waals surface area contributed by atoms with Crippen molar-refractivity contribution in [2.24, 2.45) is 0 Å². The molecule has 0 saturated carbocycles. The van der Waals surface area contributed by atoms with Gasteiger partial charge < -0.3 is 19.0 Å². The van der Waals surface area contributed by atoms with Crippen LogP contribution in [-0.2, 0) is 4.79 Å². The molecule has 0 radical (unpaired) electrons. The van der Waals surface area contributed by atoms with Crippen molar-refractivity contribution in [2.75, 3.05) is 18.1 Å². The third kappa shape index (κ3) is 2.80. The quantitative estimate of drug-likeness (QED) is 0.658. The summed E-state index contributed by atoms with van der Waals surface area (Å²) in [5.74, 6) is -0.224. The van der Waals surface area contributed by atoms with Gasteiger partial charge in [-0.15, -0.1) is 11.3 Å². The van der Waals surface area contributed by atoms with Crippen LogP contribution in [0.15, 0.2) is 69.9 Å². The largest absolute Gasteiger partial charge is 0.503 e. The molecule has 8 heteroatoms. The van der Waals surface area contributed by atoms with Crippen LogP contribution in [0.4, 0.5) is 5.69 Å². The van der Waals surface area contributed by atoms with Crippen molar-refractivity contribution < 1.29 is 28.6 Å². The molecule has 1 aromatic carbocycles. The fourth-order valence-corrected chi connectivity index (χ4v) is 4.22. The van der Waals surface area contributed by atoms with Crippen LogP contribution in [0.25, 0.3) is 0 Å². The van der Waals surface area contributed by atoms with Gasteiger partial charge in [0.2, 0.25) is 5.78 Å².